The van der Waals surface area contributed by atoms with E-state index in [2.05, 4.69) is 10.0 Å². The molecule has 2 aromatic carbocycles. The summed E-state index contributed by atoms with van der Waals surface area (Å²) < 4.78 is 43.5. The SMILES string of the molecule is COc1cccc(OC)c1OCC(O)CNC(=O)c1cccc(NS(=O)(=O)c2cccs2)c1. The molecule has 33 heavy (non-hydrogen) atoms. The summed E-state index contributed by atoms with van der Waals surface area (Å²) in [7, 11) is -0.738. The maximum absolute atomic E-state index is 12.5. The van der Waals surface area contributed by atoms with Gasteiger partial charge >= 0.3 is 0 Å². The number of benzene rings is 2. The summed E-state index contributed by atoms with van der Waals surface area (Å²) >= 11 is 1.09. The Morgan fingerprint density at radius 2 is 1.76 bits per heavy atom. The van der Waals surface area contributed by atoms with Gasteiger partial charge in [-0.05, 0) is 41.8 Å². The van der Waals surface area contributed by atoms with E-state index in [-0.39, 0.29) is 28.6 Å². The number of sulfonamides is 1. The van der Waals surface area contributed by atoms with Crippen molar-refractivity contribution in [3.63, 3.8) is 0 Å². The number of thiophene rings is 1. The highest BCUT2D eigenvalue weighted by atomic mass is 32.2. The number of hydrogen-bond acceptors (Lipinski definition) is 8. The molecule has 1 heterocycles. The first-order valence-corrected chi connectivity index (χ1v) is 12.2. The fraction of sp³-hybridized carbons (Fsp3) is 0.227. The predicted molar refractivity (Wildman–Crippen MR) is 125 cm³/mol. The van der Waals surface area contributed by atoms with Crippen LogP contribution in [0.3, 0.4) is 0 Å². The van der Waals surface area contributed by atoms with Gasteiger partial charge in [0.1, 0.15) is 16.9 Å². The number of methoxy groups -OCH3 is 2. The first-order chi connectivity index (χ1) is 15.8. The molecule has 0 saturated heterocycles. The molecule has 11 heteroatoms. The van der Waals surface area contributed by atoms with E-state index in [1.807, 2.05) is 0 Å². The van der Waals surface area contributed by atoms with Gasteiger partial charge in [0.05, 0.1) is 14.2 Å². The van der Waals surface area contributed by atoms with Crippen LogP contribution in [-0.2, 0) is 10.0 Å². The van der Waals surface area contributed by atoms with Gasteiger partial charge in [-0.3, -0.25) is 9.52 Å². The molecule has 3 rings (SSSR count). The van der Waals surface area contributed by atoms with E-state index < -0.39 is 22.0 Å². The minimum Gasteiger partial charge on any atom is -0.493 e. The summed E-state index contributed by atoms with van der Waals surface area (Å²) in [6.07, 6.45) is -1.01. The maximum Gasteiger partial charge on any atom is 0.271 e. The Balaban J connectivity index is 1.56. The molecule has 0 aliphatic rings. The van der Waals surface area contributed by atoms with Crippen molar-refractivity contribution in [2.75, 3.05) is 32.1 Å². The van der Waals surface area contributed by atoms with Crippen molar-refractivity contribution in [1.82, 2.24) is 5.32 Å². The molecule has 1 unspecified atom stereocenters. The third-order valence-corrected chi connectivity index (χ3v) is 7.22. The van der Waals surface area contributed by atoms with Gasteiger partial charge in [-0.25, -0.2) is 8.42 Å². The second-order valence-electron chi connectivity index (χ2n) is 6.78. The molecule has 0 radical (unpaired) electrons. The molecule has 3 aromatic rings. The number of aliphatic hydroxyl groups excluding tert-OH is 1. The minimum absolute atomic E-state index is 0.0819. The average molecular weight is 493 g/mol. The number of rotatable bonds is 11. The second kappa shape index (κ2) is 11.0. The summed E-state index contributed by atoms with van der Waals surface area (Å²) in [5.41, 5.74) is 0.490. The van der Waals surface area contributed by atoms with Gasteiger partial charge in [-0.2, -0.15) is 0 Å². The van der Waals surface area contributed by atoms with Crippen LogP contribution in [0.25, 0.3) is 0 Å². The Morgan fingerprint density at radius 1 is 1.06 bits per heavy atom. The van der Waals surface area contributed by atoms with E-state index in [0.29, 0.717) is 17.2 Å². The lowest BCUT2D eigenvalue weighted by Gasteiger charge is -2.17. The third-order valence-electron chi connectivity index (χ3n) is 4.44. The van der Waals surface area contributed by atoms with Crippen LogP contribution >= 0.6 is 11.3 Å². The Labute approximate surface area is 196 Å². The number of carbonyl (C=O) groups is 1. The number of para-hydroxylation sites is 1. The van der Waals surface area contributed by atoms with Crippen LogP contribution < -0.4 is 24.2 Å². The van der Waals surface area contributed by atoms with Crippen LogP contribution in [0.4, 0.5) is 5.69 Å². The summed E-state index contributed by atoms with van der Waals surface area (Å²) in [5.74, 6) is 0.777. The lowest BCUT2D eigenvalue weighted by molar-refractivity contribution is 0.0833. The minimum atomic E-state index is -3.72. The molecular formula is C22H24N2O7S2. The van der Waals surface area contributed by atoms with Crippen molar-refractivity contribution in [3.05, 3.63) is 65.5 Å². The zero-order valence-corrected chi connectivity index (χ0v) is 19.6. The molecule has 0 spiro atoms. The van der Waals surface area contributed by atoms with Crippen molar-refractivity contribution >= 4 is 33.0 Å². The standard InChI is InChI=1S/C22H24N2O7S2/c1-29-18-8-4-9-19(30-2)21(18)31-14-17(25)13-23-22(26)15-6-3-7-16(12-15)24-33(27,28)20-10-5-11-32-20/h3-12,17,24-25H,13-14H2,1-2H3,(H,23,26). The molecule has 0 aliphatic heterocycles. The van der Waals surface area contributed by atoms with Crippen LogP contribution in [0.15, 0.2) is 64.2 Å². The van der Waals surface area contributed by atoms with Crippen LogP contribution in [0, 0.1) is 0 Å². The molecule has 9 nitrogen and oxygen atoms in total. The Bertz CT molecular complexity index is 1160. The second-order valence-corrected chi connectivity index (χ2v) is 9.64. The number of ether oxygens (including phenoxy) is 3. The van der Waals surface area contributed by atoms with Gasteiger partial charge in [0.2, 0.25) is 5.75 Å². The molecule has 3 N–H and O–H groups in total. The van der Waals surface area contributed by atoms with Crippen LogP contribution in [0.1, 0.15) is 10.4 Å². The molecule has 0 bridgehead atoms. The third kappa shape index (κ3) is 6.37. The van der Waals surface area contributed by atoms with Crippen LogP contribution in [0.2, 0.25) is 0 Å². The Hall–Kier alpha value is -3.28. The fourth-order valence-corrected chi connectivity index (χ4v) is 4.90. The van der Waals surface area contributed by atoms with Crippen LogP contribution in [-0.4, -0.2) is 52.9 Å². The van der Waals surface area contributed by atoms with Crippen molar-refractivity contribution in [2.45, 2.75) is 10.3 Å². The first kappa shape index (κ1) is 24.4. The smallest absolute Gasteiger partial charge is 0.271 e. The molecule has 0 aliphatic carbocycles. The number of carbonyl (C=O) groups excluding carboxylic acids is 1. The molecular weight excluding hydrogens is 468 g/mol. The number of amides is 1. The molecule has 176 valence electrons. The summed E-state index contributed by atoms with van der Waals surface area (Å²) in [6.45, 7) is -0.195. The summed E-state index contributed by atoms with van der Waals surface area (Å²) in [4.78, 5) is 12.5. The van der Waals surface area contributed by atoms with Crippen molar-refractivity contribution in [3.8, 4) is 17.2 Å². The maximum atomic E-state index is 12.5. The van der Waals surface area contributed by atoms with Gasteiger partial charge in [0, 0.05) is 17.8 Å². The normalized spacial score (nSPS) is 12.0. The topological polar surface area (TPSA) is 123 Å². The predicted octanol–water partition coefficient (Wildman–Crippen LogP) is 2.74. The van der Waals surface area contributed by atoms with Crippen LogP contribution in [0.5, 0.6) is 17.2 Å². The monoisotopic (exact) mass is 492 g/mol. The van der Waals surface area contributed by atoms with Gasteiger partial charge < -0.3 is 24.6 Å². The van der Waals surface area contributed by atoms with E-state index in [0.717, 1.165) is 11.3 Å². The summed E-state index contributed by atoms with van der Waals surface area (Å²) in [6, 6.07) is 14.4. The van der Waals surface area contributed by atoms with E-state index in [4.69, 9.17) is 14.2 Å². The highest BCUT2D eigenvalue weighted by Gasteiger charge is 2.17. The van der Waals surface area contributed by atoms with Gasteiger partial charge in [0.25, 0.3) is 15.9 Å². The first-order valence-electron chi connectivity index (χ1n) is 9.80. The molecule has 0 saturated carbocycles. The van der Waals surface area contributed by atoms with E-state index in [1.54, 1.807) is 47.8 Å². The van der Waals surface area contributed by atoms with E-state index in [1.165, 1.54) is 26.4 Å². The number of nitrogens with one attached hydrogen (secondary N) is 2. The molecule has 1 aromatic heterocycles. The molecule has 1 amide bonds. The van der Waals surface area contributed by atoms with Crippen molar-refractivity contribution in [2.24, 2.45) is 0 Å². The number of aliphatic hydroxyl groups is 1. The zero-order valence-electron chi connectivity index (χ0n) is 18.0. The lowest BCUT2D eigenvalue weighted by Crippen LogP contribution is -2.35. The van der Waals surface area contributed by atoms with Gasteiger partial charge in [0.15, 0.2) is 11.5 Å². The van der Waals surface area contributed by atoms with Gasteiger partial charge in [-0.15, -0.1) is 11.3 Å². The zero-order chi connectivity index (χ0) is 23.8. The lowest BCUT2D eigenvalue weighted by atomic mass is 10.2. The quantitative estimate of drug-likeness (QED) is 0.376. The van der Waals surface area contributed by atoms with Gasteiger partial charge in [-0.1, -0.05) is 18.2 Å². The fourth-order valence-electron chi connectivity index (χ4n) is 2.86. The average Bonchev–Trinajstić information content (AvgIpc) is 3.37. The largest absolute Gasteiger partial charge is 0.493 e. The number of anilines is 1. The van der Waals surface area contributed by atoms with E-state index in [9.17, 15) is 18.3 Å². The van der Waals surface area contributed by atoms with E-state index >= 15 is 0 Å². The Morgan fingerprint density at radius 3 is 2.39 bits per heavy atom. The molecule has 1 atom stereocenters. The number of hydrogen-bond donors (Lipinski definition) is 3. The Kier molecular flexibility index (Phi) is 8.15. The highest BCUT2D eigenvalue weighted by molar-refractivity contribution is 7.94. The molecule has 0 fully saturated rings. The highest BCUT2D eigenvalue weighted by Crippen LogP contribution is 2.36. The summed E-state index contributed by atoms with van der Waals surface area (Å²) in [5, 5.41) is 14.5. The van der Waals surface area contributed by atoms with Crippen molar-refractivity contribution < 1.29 is 32.5 Å². The van der Waals surface area contributed by atoms with Crippen molar-refractivity contribution in [1.29, 1.82) is 0 Å².